The first-order valence-corrected chi connectivity index (χ1v) is 11.0. The molecule has 2 saturated heterocycles. The van der Waals surface area contributed by atoms with Crippen LogP contribution in [-0.4, -0.2) is 65.2 Å². The van der Waals surface area contributed by atoms with Gasteiger partial charge in [-0.3, -0.25) is 25.1 Å². The second kappa shape index (κ2) is 9.34. The molecule has 3 rings (SSSR count). The summed E-state index contributed by atoms with van der Waals surface area (Å²) in [5.74, 6) is -0.747. The Labute approximate surface area is 179 Å². The zero-order valence-corrected chi connectivity index (χ0v) is 18.2. The number of fused-ring (bicyclic) bond motifs is 1. The van der Waals surface area contributed by atoms with E-state index in [1.54, 1.807) is 36.2 Å². The molecule has 8 nitrogen and oxygen atoms in total. The minimum absolute atomic E-state index is 0.0406. The first-order chi connectivity index (χ1) is 13.8. The van der Waals surface area contributed by atoms with Gasteiger partial charge in [-0.1, -0.05) is 31.0 Å². The van der Waals surface area contributed by atoms with Gasteiger partial charge in [0.25, 0.3) is 0 Å². The van der Waals surface area contributed by atoms with Crippen molar-refractivity contribution in [2.45, 2.75) is 37.5 Å². The number of thioether (sulfide) groups is 1. The van der Waals surface area contributed by atoms with E-state index in [4.69, 9.17) is 11.6 Å². The summed E-state index contributed by atoms with van der Waals surface area (Å²) in [6, 6.07) is 6.62. The van der Waals surface area contributed by atoms with Gasteiger partial charge < -0.3 is 10.2 Å². The number of nitrogens with zero attached hydrogens (tertiary/aromatic N) is 2. The van der Waals surface area contributed by atoms with E-state index in [0.717, 1.165) is 17.7 Å². The monoisotopic (exact) mass is 439 g/mol. The minimum atomic E-state index is -0.486. The molecule has 0 spiro atoms. The molecule has 3 N–H and O–H groups in total. The maximum absolute atomic E-state index is 12.8. The predicted octanol–water partition coefficient (Wildman–Crippen LogP) is 2.12. The van der Waals surface area contributed by atoms with Crippen molar-refractivity contribution in [2.24, 2.45) is 5.92 Å². The molecule has 4 atom stereocenters. The maximum atomic E-state index is 12.8. The standard InChI is InChI=1S/C19H26ClN5O3S/c1-4-6-13-22-16-15(18(27)25(3)19(28)24(16)2)17(23-13)29-10-14(26)21-12-8-5-7-11(20)9-12/h5,7-9,13,15-17,22-23H,4,6,10H2,1-3H3,(H,21,26). The lowest BCUT2D eigenvalue weighted by Gasteiger charge is -2.50. The van der Waals surface area contributed by atoms with Crippen LogP contribution in [-0.2, 0) is 9.59 Å². The molecule has 0 aromatic heterocycles. The van der Waals surface area contributed by atoms with Crippen molar-refractivity contribution in [1.82, 2.24) is 20.4 Å². The molecule has 1 aromatic rings. The number of halogens is 1. The Morgan fingerprint density at radius 3 is 2.72 bits per heavy atom. The average molecular weight is 440 g/mol. The van der Waals surface area contributed by atoms with Crippen molar-refractivity contribution < 1.29 is 14.4 Å². The highest BCUT2D eigenvalue weighted by molar-refractivity contribution is 8.00. The number of urea groups is 1. The smallest absolute Gasteiger partial charge is 0.325 e. The fourth-order valence-corrected chi connectivity index (χ4v) is 4.98. The van der Waals surface area contributed by atoms with Gasteiger partial charge in [-0.05, 0) is 24.6 Å². The third-order valence-electron chi connectivity index (χ3n) is 5.11. The number of amides is 4. The number of carbonyl (C=O) groups is 3. The van der Waals surface area contributed by atoms with Gasteiger partial charge in [0.05, 0.1) is 29.4 Å². The molecule has 0 radical (unpaired) electrons. The van der Waals surface area contributed by atoms with Crippen LogP contribution < -0.4 is 16.0 Å². The first-order valence-electron chi connectivity index (χ1n) is 9.55. The molecule has 29 heavy (non-hydrogen) atoms. The SMILES string of the molecule is CCCC1NC(SCC(=O)Nc2cccc(Cl)c2)C2C(=O)N(C)C(=O)N(C)C2N1. The van der Waals surface area contributed by atoms with Crippen molar-refractivity contribution in [2.75, 3.05) is 25.2 Å². The topological polar surface area (TPSA) is 93.8 Å². The van der Waals surface area contributed by atoms with Crippen LogP contribution >= 0.6 is 23.4 Å². The Morgan fingerprint density at radius 2 is 2.03 bits per heavy atom. The molecule has 1 aromatic carbocycles. The Kier molecular flexibility index (Phi) is 7.05. The molecule has 10 heteroatoms. The van der Waals surface area contributed by atoms with Crippen molar-refractivity contribution in [1.29, 1.82) is 0 Å². The van der Waals surface area contributed by atoms with E-state index in [0.29, 0.717) is 10.7 Å². The van der Waals surface area contributed by atoms with Crippen molar-refractivity contribution in [3.8, 4) is 0 Å². The van der Waals surface area contributed by atoms with Gasteiger partial charge in [0.2, 0.25) is 11.8 Å². The zero-order valence-electron chi connectivity index (χ0n) is 16.6. The molecule has 4 unspecified atom stereocenters. The summed E-state index contributed by atoms with van der Waals surface area (Å²) < 4.78 is 0. The largest absolute Gasteiger partial charge is 0.327 e. The Balaban J connectivity index is 1.70. The van der Waals surface area contributed by atoms with Gasteiger partial charge in [0, 0.05) is 24.8 Å². The van der Waals surface area contributed by atoms with E-state index in [2.05, 4.69) is 22.9 Å². The molecular weight excluding hydrogens is 414 g/mol. The molecule has 4 amide bonds. The fourth-order valence-electron chi connectivity index (χ4n) is 3.65. The van der Waals surface area contributed by atoms with Crippen LogP contribution in [0.2, 0.25) is 5.02 Å². The van der Waals surface area contributed by atoms with Gasteiger partial charge in [-0.25, -0.2) is 4.79 Å². The molecule has 2 heterocycles. The van der Waals surface area contributed by atoms with Crippen LogP contribution in [0, 0.1) is 5.92 Å². The molecular formula is C19H26ClN5O3S. The number of carbonyl (C=O) groups excluding carboxylic acids is 3. The zero-order chi connectivity index (χ0) is 21.1. The molecule has 2 fully saturated rings. The summed E-state index contributed by atoms with van der Waals surface area (Å²) in [5, 5.41) is 9.87. The maximum Gasteiger partial charge on any atom is 0.327 e. The third-order valence-corrected chi connectivity index (χ3v) is 6.56. The third kappa shape index (κ3) is 4.85. The van der Waals surface area contributed by atoms with E-state index in [1.807, 2.05) is 0 Å². The predicted molar refractivity (Wildman–Crippen MR) is 115 cm³/mol. The Bertz CT molecular complexity index is 795. The number of nitrogens with one attached hydrogen (secondary N) is 3. The van der Waals surface area contributed by atoms with Gasteiger partial charge >= 0.3 is 6.03 Å². The Hall–Kier alpha value is -1.81. The summed E-state index contributed by atoms with van der Waals surface area (Å²) in [6.07, 6.45) is 1.35. The van der Waals surface area contributed by atoms with Gasteiger partial charge in [0.1, 0.15) is 0 Å². The second-order valence-corrected chi connectivity index (χ2v) is 8.79. The van der Waals surface area contributed by atoms with E-state index in [-0.39, 0.29) is 35.1 Å². The average Bonchev–Trinajstić information content (AvgIpc) is 2.69. The quantitative estimate of drug-likeness (QED) is 0.628. The summed E-state index contributed by atoms with van der Waals surface area (Å²) >= 11 is 7.33. The van der Waals surface area contributed by atoms with Crippen molar-refractivity contribution >= 4 is 46.9 Å². The van der Waals surface area contributed by atoms with Crippen LogP contribution in [0.15, 0.2) is 24.3 Å². The molecule has 0 saturated carbocycles. The highest BCUT2D eigenvalue weighted by Gasteiger charge is 2.50. The number of hydrogen-bond donors (Lipinski definition) is 3. The number of rotatable bonds is 6. The highest BCUT2D eigenvalue weighted by Crippen LogP contribution is 2.32. The van der Waals surface area contributed by atoms with E-state index in [1.165, 1.54) is 18.8 Å². The van der Waals surface area contributed by atoms with E-state index in [9.17, 15) is 14.4 Å². The van der Waals surface area contributed by atoms with Gasteiger partial charge in [-0.2, -0.15) is 0 Å². The van der Waals surface area contributed by atoms with Crippen molar-refractivity contribution in [3.63, 3.8) is 0 Å². The summed E-state index contributed by atoms with van der Waals surface area (Å²) in [5.41, 5.74) is 0.627. The summed E-state index contributed by atoms with van der Waals surface area (Å²) in [7, 11) is 3.18. The normalized spacial score (nSPS) is 27.0. The van der Waals surface area contributed by atoms with Crippen LogP contribution in [0.5, 0.6) is 0 Å². The lowest BCUT2D eigenvalue weighted by Crippen LogP contribution is -2.74. The number of anilines is 1. The van der Waals surface area contributed by atoms with E-state index < -0.39 is 12.1 Å². The Morgan fingerprint density at radius 1 is 1.28 bits per heavy atom. The highest BCUT2D eigenvalue weighted by atomic mass is 35.5. The molecule has 158 valence electrons. The van der Waals surface area contributed by atoms with Gasteiger partial charge in [-0.15, -0.1) is 11.8 Å². The minimum Gasteiger partial charge on any atom is -0.325 e. The summed E-state index contributed by atoms with van der Waals surface area (Å²) in [6.45, 7) is 2.07. The number of imide groups is 1. The van der Waals surface area contributed by atoms with Gasteiger partial charge in [0.15, 0.2) is 0 Å². The first kappa shape index (κ1) is 21.9. The molecule has 0 aliphatic carbocycles. The van der Waals surface area contributed by atoms with E-state index >= 15 is 0 Å². The fraction of sp³-hybridized carbons (Fsp3) is 0.526. The molecule has 0 bridgehead atoms. The lowest BCUT2D eigenvalue weighted by molar-refractivity contribution is -0.140. The van der Waals surface area contributed by atoms with Crippen LogP contribution in [0.4, 0.5) is 10.5 Å². The summed E-state index contributed by atoms with van der Waals surface area (Å²) in [4.78, 5) is 40.3. The van der Waals surface area contributed by atoms with Crippen LogP contribution in [0.3, 0.4) is 0 Å². The molecule has 2 aliphatic rings. The van der Waals surface area contributed by atoms with Crippen LogP contribution in [0.25, 0.3) is 0 Å². The molecule has 2 aliphatic heterocycles. The van der Waals surface area contributed by atoms with Crippen molar-refractivity contribution in [3.05, 3.63) is 29.3 Å². The van der Waals surface area contributed by atoms with Crippen LogP contribution in [0.1, 0.15) is 19.8 Å². The number of hydrogen-bond acceptors (Lipinski definition) is 6. The second-order valence-electron chi connectivity index (χ2n) is 7.23. The number of benzene rings is 1. The lowest BCUT2D eigenvalue weighted by atomic mass is 9.96.